The molecule has 3 rings (SSSR count). The van der Waals surface area contributed by atoms with Crippen molar-refractivity contribution in [1.82, 2.24) is 0 Å². The van der Waals surface area contributed by atoms with Gasteiger partial charge in [-0.25, -0.2) is 0 Å². The molecule has 3 nitrogen and oxygen atoms in total. The van der Waals surface area contributed by atoms with Gasteiger partial charge in [0.15, 0.2) is 5.60 Å². The Morgan fingerprint density at radius 1 is 1.15 bits per heavy atom. The summed E-state index contributed by atoms with van der Waals surface area (Å²) in [5.74, 6) is 1.70. The summed E-state index contributed by atoms with van der Waals surface area (Å²) >= 11 is 0. The summed E-state index contributed by atoms with van der Waals surface area (Å²) in [6.07, 6.45) is 6.84. The lowest BCUT2D eigenvalue weighted by Crippen LogP contribution is -2.37. The summed E-state index contributed by atoms with van der Waals surface area (Å²) in [7, 11) is 0. The van der Waals surface area contributed by atoms with E-state index in [4.69, 9.17) is 14.2 Å². The molecule has 1 unspecified atom stereocenters. The fourth-order valence-corrected chi connectivity index (χ4v) is 2.54. The van der Waals surface area contributed by atoms with Crippen molar-refractivity contribution >= 4 is 5.57 Å². The Kier molecular flexibility index (Phi) is 3.05. The molecule has 0 N–H and O–H groups in total. The number of benzene rings is 1. The van der Waals surface area contributed by atoms with E-state index in [0.29, 0.717) is 0 Å². The number of rotatable bonds is 2. The summed E-state index contributed by atoms with van der Waals surface area (Å²) in [4.78, 5) is 0. The van der Waals surface area contributed by atoms with Gasteiger partial charge < -0.3 is 14.2 Å². The van der Waals surface area contributed by atoms with E-state index in [0.717, 1.165) is 22.6 Å². The molecule has 1 aromatic carbocycles. The first-order valence-electron chi connectivity index (χ1n) is 6.73. The third-order valence-corrected chi connectivity index (χ3v) is 3.45. The van der Waals surface area contributed by atoms with Crippen molar-refractivity contribution in [2.75, 3.05) is 0 Å². The van der Waals surface area contributed by atoms with Gasteiger partial charge in [-0.15, -0.1) is 0 Å². The lowest BCUT2D eigenvalue weighted by atomic mass is 9.93. The predicted molar refractivity (Wildman–Crippen MR) is 78.0 cm³/mol. The summed E-state index contributed by atoms with van der Waals surface area (Å²) in [6.45, 7) is 6.06. The third kappa shape index (κ3) is 2.20. The average Bonchev–Trinajstić information content (AvgIpc) is 2.44. The van der Waals surface area contributed by atoms with Crippen LogP contribution in [0.1, 0.15) is 26.3 Å². The zero-order valence-electron chi connectivity index (χ0n) is 11.9. The Bertz CT molecular complexity index is 608. The van der Waals surface area contributed by atoms with Gasteiger partial charge >= 0.3 is 0 Å². The molecule has 0 radical (unpaired) electrons. The minimum Gasteiger partial charge on any atom is -0.479 e. The third-order valence-electron chi connectivity index (χ3n) is 3.45. The van der Waals surface area contributed by atoms with Crippen LogP contribution in [0.15, 0.2) is 54.5 Å². The first kappa shape index (κ1) is 12.9. The molecule has 0 saturated carbocycles. The molecule has 0 aromatic heterocycles. The summed E-state index contributed by atoms with van der Waals surface area (Å²) in [6, 6.07) is 8.01. The number of ether oxygens (including phenoxy) is 3. The lowest BCUT2D eigenvalue weighted by molar-refractivity contribution is -0.0707. The highest BCUT2D eigenvalue weighted by molar-refractivity contribution is 5.73. The van der Waals surface area contributed by atoms with Gasteiger partial charge in [0.25, 0.3) is 6.29 Å². The van der Waals surface area contributed by atoms with Gasteiger partial charge in [-0.05, 0) is 39.0 Å². The Balaban J connectivity index is 1.98. The number of para-hydroxylation sites is 1. The number of allylic oxidation sites excluding steroid dienone is 3. The first-order valence-corrected chi connectivity index (χ1v) is 6.73. The van der Waals surface area contributed by atoms with Crippen molar-refractivity contribution in [3.63, 3.8) is 0 Å². The van der Waals surface area contributed by atoms with Crippen LogP contribution in [0.2, 0.25) is 0 Å². The molecule has 2 aliphatic rings. The van der Waals surface area contributed by atoms with Crippen LogP contribution in [0, 0.1) is 0 Å². The molecule has 0 fully saturated rings. The van der Waals surface area contributed by atoms with E-state index in [1.807, 2.05) is 56.3 Å². The average molecular weight is 270 g/mol. The van der Waals surface area contributed by atoms with Crippen molar-refractivity contribution in [2.45, 2.75) is 32.7 Å². The number of hydrogen-bond acceptors (Lipinski definition) is 3. The van der Waals surface area contributed by atoms with Crippen LogP contribution in [0.5, 0.6) is 5.75 Å². The van der Waals surface area contributed by atoms with Crippen LogP contribution in [-0.4, -0.2) is 11.9 Å². The quantitative estimate of drug-likeness (QED) is 0.812. The topological polar surface area (TPSA) is 27.7 Å². The second-order valence-corrected chi connectivity index (χ2v) is 5.40. The van der Waals surface area contributed by atoms with Gasteiger partial charge in [-0.2, -0.15) is 0 Å². The fourth-order valence-electron chi connectivity index (χ4n) is 2.54. The molecule has 1 aromatic rings. The molecule has 20 heavy (non-hydrogen) atoms. The Morgan fingerprint density at radius 2 is 1.95 bits per heavy atom. The second kappa shape index (κ2) is 4.75. The van der Waals surface area contributed by atoms with E-state index in [1.165, 1.54) is 0 Å². The van der Waals surface area contributed by atoms with Gasteiger partial charge in [-0.1, -0.05) is 24.3 Å². The Labute approximate surface area is 119 Å². The van der Waals surface area contributed by atoms with E-state index < -0.39 is 11.9 Å². The largest absolute Gasteiger partial charge is 0.479 e. The van der Waals surface area contributed by atoms with Crippen LogP contribution >= 0.6 is 0 Å². The maximum atomic E-state index is 6.06. The molecule has 3 heteroatoms. The highest BCUT2D eigenvalue weighted by Crippen LogP contribution is 2.41. The molecular formula is C17H18O3. The molecule has 0 spiro atoms. The smallest absolute Gasteiger partial charge is 0.259 e. The van der Waals surface area contributed by atoms with Crippen molar-refractivity contribution in [3.8, 4) is 5.75 Å². The monoisotopic (exact) mass is 270 g/mol. The normalized spacial score (nSPS) is 22.9. The molecule has 0 bridgehead atoms. The van der Waals surface area contributed by atoms with E-state index in [1.54, 1.807) is 6.26 Å². The Morgan fingerprint density at radius 3 is 2.70 bits per heavy atom. The lowest BCUT2D eigenvalue weighted by Gasteiger charge is -2.36. The number of fused-ring (bicyclic) bond motifs is 1. The van der Waals surface area contributed by atoms with E-state index in [9.17, 15) is 0 Å². The molecule has 1 atom stereocenters. The highest BCUT2D eigenvalue weighted by Gasteiger charge is 2.36. The van der Waals surface area contributed by atoms with Crippen LogP contribution in [0.25, 0.3) is 5.57 Å². The molecule has 0 amide bonds. The van der Waals surface area contributed by atoms with E-state index in [-0.39, 0.29) is 0 Å². The molecule has 104 valence electrons. The molecule has 2 heterocycles. The van der Waals surface area contributed by atoms with E-state index >= 15 is 0 Å². The summed E-state index contributed by atoms with van der Waals surface area (Å²) in [5.41, 5.74) is 1.64. The zero-order chi connectivity index (χ0) is 14.2. The van der Waals surface area contributed by atoms with Crippen molar-refractivity contribution in [1.29, 1.82) is 0 Å². The second-order valence-electron chi connectivity index (χ2n) is 5.40. The molecule has 2 aliphatic heterocycles. The zero-order valence-corrected chi connectivity index (χ0v) is 11.9. The van der Waals surface area contributed by atoms with E-state index in [2.05, 4.69) is 6.92 Å². The molecule has 0 aliphatic carbocycles. The van der Waals surface area contributed by atoms with Crippen LogP contribution in [-0.2, 0) is 9.47 Å². The van der Waals surface area contributed by atoms with Crippen molar-refractivity contribution in [2.24, 2.45) is 0 Å². The van der Waals surface area contributed by atoms with Crippen LogP contribution < -0.4 is 4.74 Å². The van der Waals surface area contributed by atoms with Gasteiger partial charge in [0.1, 0.15) is 11.5 Å². The van der Waals surface area contributed by atoms with Crippen LogP contribution in [0.3, 0.4) is 0 Å². The minimum absolute atomic E-state index is 0.405. The van der Waals surface area contributed by atoms with Crippen LogP contribution in [0.4, 0.5) is 0 Å². The standard InChI is InChI=1S/C17H18O3/c1-12-13-8-4-5-9-14(13)20-17(2,3)16(12)19-15-10-6-7-11-18-15/h4-11,15H,1-3H3. The minimum atomic E-state index is -0.517. The molecule has 0 saturated heterocycles. The molecular weight excluding hydrogens is 252 g/mol. The number of hydrogen-bond donors (Lipinski definition) is 0. The SMILES string of the molecule is CC1=C(OC2C=CC=CO2)C(C)(C)Oc2ccccc21. The maximum Gasteiger partial charge on any atom is 0.259 e. The van der Waals surface area contributed by atoms with Gasteiger partial charge in [0.2, 0.25) is 0 Å². The maximum absolute atomic E-state index is 6.06. The first-order chi connectivity index (χ1) is 9.58. The highest BCUT2D eigenvalue weighted by atomic mass is 16.7. The van der Waals surface area contributed by atoms with Gasteiger partial charge in [-0.3, -0.25) is 0 Å². The Hall–Kier alpha value is -2.16. The van der Waals surface area contributed by atoms with Crippen molar-refractivity contribution < 1.29 is 14.2 Å². The summed E-state index contributed by atoms with van der Waals surface area (Å²) in [5, 5.41) is 0. The van der Waals surface area contributed by atoms with Crippen molar-refractivity contribution in [3.05, 3.63) is 60.1 Å². The predicted octanol–water partition coefficient (Wildman–Crippen LogP) is 4.03. The van der Waals surface area contributed by atoms with Gasteiger partial charge in [0.05, 0.1) is 6.26 Å². The van der Waals surface area contributed by atoms with Gasteiger partial charge in [0, 0.05) is 11.1 Å². The summed E-state index contributed by atoms with van der Waals surface area (Å²) < 4.78 is 17.5. The fraction of sp³-hybridized carbons (Fsp3) is 0.294.